The molecule has 0 saturated carbocycles. The minimum atomic E-state index is -0.340. The van der Waals surface area contributed by atoms with E-state index in [1.807, 2.05) is 52.8 Å². The van der Waals surface area contributed by atoms with Crippen molar-refractivity contribution >= 4 is 17.4 Å². The normalized spacial score (nSPS) is 10.3. The molecule has 0 aromatic heterocycles. The van der Waals surface area contributed by atoms with Crippen LogP contribution in [-0.4, -0.2) is 25.9 Å². The zero-order valence-corrected chi connectivity index (χ0v) is 16.6. The molecule has 0 saturated heterocycles. The Kier molecular flexibility index (Phi) is 7.34. The van der Waals surface area contributed by atoms with Crippen LogP contribution in [0.1, 0.15) is 31.9 Å². The molecule has 0 fully saturated rings. The van der Waals surface area contributed by atoms with Crippen molar-refractivity contribution in [2.24, 2.45) is 0 Å². The Morgan fingerprint density at radius 2 is 1.33 bits per heavy atom. The van der Waals surface area contributed by atoms with E-state index >= 15 is 0 Å². The minimum Gasteiger partial charge on any atom is -0.490 e. The van der Waals surface area contributed by atoms with Gasteiger partial charge in [-0.3, -0.25) is 0 Å². The molecule has 2 amide bonds. The third-order valence-electron chi connectivity index (χ3n) is 3.93. The van der Waals surface area contributed by atoms with Gasteiger partial charge in [-0.2, -0.15) is 0 Å². The number of amides is 2. The smallest absolute Gasteiger partial charge is 0.323 e. The van der Waals surface area contributed by atoms with Gasteiger partial charge in [0.1, 0.15) is 0 Å². The van der Waals surface area contributed by atoms with Crippen LogP contribution in [0.3, 0.4) is 0 Å². The van der Waals surface area contributed by atoms with E-state index in [1.165, 1.54) is 5.56 Å². The predicted octanol–water partition coefficient (Wildman–Crippen LogP) is 5.14. The van der Waals surface area contributed by atoms with E-state index in [2.05, 4.69) is 10.6 Å². The second-order valence-corrected chi connectivity index (χ2v) is 5.98. The summed E-state index contributed by atoms with van der Waals surface area (Å²) in [6.07, 6.45) is 0. The molecule has 2 aromatic carbocycles. The number of hydrogen-bond donors (Lipinski definition) is 2. The Labute approximate surface area is 160 Å². The Morgan fingerprint density at radius 3 is 1.85 bits per heavy atom. The molecule has 0 spiro atoms. The Balaban J connectivity index is 2.22. The van der Waals surface area contributed by atoms with Gasteiger partial charge < -0.3 is 24.8 Å². The van der Waals surface area contributed by atoms with Crippen molar-refractivity contribution in [3.05, 3.63) is 41.5 Å². The maximum atomic E-state index is 12.4. The predicted molar refractivity (Wildman–Crippen MR) is 109 cm³/mol. The number of anilines is 2. The van der Waals surface area contributed by atoms with Crippen molar-refractivity contribution in [2.75, 3.05) is 30.5 Å². The van der Waals surface area contributed by atoms with Crippen LogP contribution in [0.4, 0.5) is 16.2 Å². The molecule has 146 valence electrons. The van der Waals surface area contributed by atoms with Gasteiger partial charge in [-0.15, -0.1) is 0 Å². The number of rotatable bonds is 8. The molecule has 0 aliphatic rings. The largest absolute Gasteiger partial charge is 0.490 e. The first-order valence-corrected chi connectivity index (χ1v) is 9.20. The minimum absolute atomic E-state index is 0.340. The van der Waals surface area contributed by atoms with Gasteiger partial charge in [0.25, 0.3) is 0 Å². The van der Waals surface area contributed by atoms with Crippen LogP contribution in [0.5, 0.6) is 17.2 Å². The third-order valence-corrected chi connectivity index (χ3v) is 3.93. The number of hydrogen-bond acceptors (Lipinski definition) is 4. The molecule has 6 heteroatoms. The van der Waals surface area contributed by atoms with Crippen LogP contribution in [0.15, 0.2) is 30.3 Å². The van der Waals surface area contributed by atoms with Gasteiger partial charge in [0.15, 0.2) is 11.5 Å². The summed E-state index contributed by atoms with van der Waals surface area (Å²) in [6, 6.07) is 8.91. The maximum absolute atomic E-state index is 12.4. The summed E-state index contributed by atoms with van der Waals surface area (Å²) >= 11 is 0. The average molecular weight is 372 g/mol. The maximum Gasteiger partial charge on any atom is 0.323 e. The van der Waals surface area contributed by atoms with Crippen LogP contribution in [0.25, 0.3) is 0 Å². The molecule has 0 bridgehead atoms. The fourth-order valence-corrected chi connectivity index (χ4v) is 2.57. The van der Waals surface area contributed by atoms with Crippen molar-refractivity contribution in [3.8, 4) is 17.2 Å². The second kappa shape index (κ2) is 9.71. The number of benzene rings is 2. The lowest BCUT2D eigenvalue weighted by Crippen LogP contribution is -2.19. The van der Waals surface area contributed by atoms with Gasteiger partial charge in [0.05, 0.1) is 25.5 Å². The van der Waals surface area contributed by atoms with Crippen molar-refractivity contribution in [2.45, 2.75) is 34.6 Å². The Hall–Kier alpha value is -2.89. The highest BCUT2D eigenvalue weighted by Gasteiger charge is 2.16. The molecule has 2 N–H and O–H groups in total. The molecular weight excluding hydrogens is 344 g/mol. The number of carbonyl (C=O) groups excluding carboxylic acids is 1. The van der Waals surface area contributed by atoms with Crippen molar-refractivity contribution in [1.29, 1.82) is 0 Å². The van der Waals surface area contributed by atoms with E-state index in [0.29, 0.717) is 42.8 Å². The summed E-state index contributed by atoms with van der Waals surface area (Å²) in [5.41, 5.74) is 3.59. The van der Waals surface area contributed by atoms with Gasteiger partial charge in [-0.25, -0.2) is 4.79 Å². The number of carbonyl (C=O) groups is 1. The number of urea groups is 1. The lowest BCUT2D eigenvalue weighted by atomic mass is 10.1. The topological polar surface area (TPSA) is 68.8 Å². The molecule has 0 aliphatic heterocycles. The first kappa shape index (κ1) is 20.4. The van der Waals surface area contributed by atoms with Gasteiger partial charge in [-0.1, -0.05) is 6.07 Å². The summed E-state index contributed by atoms with van der Waals surface area (Å²) in [5, 5.41) is 5.66. The number of nitrogens with one attached hydrogen (secondary N) is 2. The zero-order valence-electron chi connectivity index (χ0n) is 16.6. The molecule has 2 aromatic rings. The monoisotopic (exact) mass is 372 g/mol. The van der Waals surface area contributed by atoms with Crippen LogP contribution >= 0.6 is 0 Å². The molecule has 2 rings (SSSR count). The van der Waals surface area contributed by atoms with Crippen molar-refractivity contribution in [1.82, 2.24) is 0 Å². The zero-order chi connectivity index (χ0) is 19.8. The van der Waals surface area contributed by atoms with Crippen molar-refractivity contribution < 1.29 is 19.0 Å². The highest BCUT2D eigenvalue weighted by atomic mass is 16.5. The van der Waals surface area contributed by atoms with E-state index in [0.717, 1.165) is 11.3 Å². The SMILES string of the molecule is CCOc1cc(NC(=O)Nc2ccc(C)c(C)c2)cc(OCC)c1OCC. The molecule has 0 atom stereocenters. The summed E-state index contributed by atoms with van der Waals surface area (Å²) < 4.78 is 17.0. The van der Waals surface area contributed by atoms with E-state index in [-0.39, 0.29) is 6.03 Å². The van der Waals surface area contributed by atoms with E-state index in [9.17, 15) is 4.79 Å². The van der Waals surface area contributed by atoms with E-state index in [4.69, 9.17) is 14.2 Å². The van der Waals surface area contributed by atoms with Gasteiger partial charge in [-0.05, 0) is 57.9 Å². The summed E-state index contributed by atoms with van der Waals surface area (Å²) in [5.74, 6) is 1.61. The van der Waals surface area contributed by atoms with Gasteiger partial charge >= 0.3 is 6.03 Å². The first-order valence-electron chi connectivity index (χ1n) is 9.20. The highest BCUT2D eigenvalue weighted by molar-refractivity contribution is 6.00. The Bertz CT molecular complexity index is 763. The van der Waals surface area contributed by atoms with E-state index in [1.54, 1.807) is 12.1 Å². The number of ether oxygens (including phenoxy) is 3. The van der Waals surface area contributed by atoms with Crippen LogP contribution in [0, 0.1) is 13.8 Å². The molecule has 0 unspecified atom stereocenters. The quantitative estimate of drug-likeness (QED) is 0.673. The van der Waals surface area contributed by atoms with Crippen LogP contribution in [-0.2, 0) is 0 Å². The molecule has 6 nitrogen and oxygen atoms in total. The average Bonchev–Trinajstić information content (AvgIpc) is 2.61. The standard InChI is InChI=1S/C21H28N2O4/c1-6-25-18-12-17(13-19(26-7-2)20(18)27-8-3)23-21(24)22-16-10-9-14(4)15(5)11-16/h9-13H,6-8H2,1-5H3,(H2,22,23,24). The Morgan fingerprint density at radius 1 is 0.778 bits per heavy atom. The van der Waals surface area contributed by atoms with E-state index < -0.39 is 0 Å². The summed E-state index contributed by atoms with van der Waals surface area (Å²) in [4.78, 5) is 12.4. The fraction of sp³-hybridized carbons (Fsp3) is 0.381. The lowest BCUT2D eigenvalue weighted by molar-refractivity contribution is 0.260. The molecule has 27 heavy (non-hydrogen) atoms. The number of aryl methyl sites for hydroxylation is 2. The van der Waals surface area contributed by atoms with Crippen LogP contribution in [0.2, 0.25) is 0 Å². The lowest BCUT2D eigenvalue weighted by Gasteiger charge is -2.17. The third kappa shape index (κ3) is 5.54. The fourth-order valence-electron chi connectivity index (χ4n) is 2.57. The van der Waals surface area contributed by atoms with Gasteiger partial charge in [0.2, 0.25) is 5.75 Å². The molecule has 0 radical (unpaired) electrons. The molecular formula is C21H28N2O4. The second-order valence-electron chi connectivity index (χ2n) is 5.98. The summed E-state index contributed by atoms with van der Waals surface area (Å²) in [7, 11) is 0. The summed E-state index contributed by atoms with van der Waals surface area (Å²) in [6.45, 7) is 11.2. The van der Waals surface area contributed by atoms with Gasteiger partial charge in [0, 0.05) is 17.8 Å². The molecule has 0 aliphatic carbocycles. The van der Waals surface area contributed by atoms with Crippen LogP contribution < -0.4 is 24.8 Å². The molecule has 0 heterocycles. The first-order chi connectivity index (χ1) is 13.0. The highest BCUT2D eigenvalue weighted by Crippen LogP contribution is 2.40. The van der Waals surface area contributed by atoms with Crippen molar-refractivity contribution in [3.63, 3.8) is 0 Å².